The average molecular weight is 253 g/mol. The number of carboxylic acids is 1. The highest BCUT2D eigenvalue weighted by atomic mass is 33.1. The van der Waals surface area contributed by atoms with E-state index in [9.17, 15) is 9.59 Å². The summed E-state index contributed by atoms with van der Waals surface area (Å²) in [6.45, 7) is 2.17. The molecule has 0 aliphatic heterocycles. The number of hydrogen-bond donors (Lipinski definition) is 2. The van der Waals surface area contributed by atoms with E-state index in [4.69, 9.17) is 9.84 Å². The van der Waals surface area contributed by atoms with Crippen LogP contribution in [0, 0.1) is 0 Å². The fourth-order valence-corrected chi connectivity index (χ4v) is 2.00. The molecule has 0 aromatic rings. The summed E-state index contributed by atoms with van der Waals surface area (Å²) < 4.78 is 4.72. The van der Waals surface area contributed by atoms with Gasteiger partial charge in [-0.1, -0.05) is 28.5 Å². The Labute approximate surface area is 96.7 Å². The molecule has 0 spiro atoms. The van der Waals surface area contributed by atoms with Crippen LogP contribution in [-0.4, -0.2) is 41.8 Å². The van der Waals surface area contributed by atoms with Crippen LogP contribution in [0.3, 0.4) is 0 Å². The number of nitrogens with one attached hydrogen (secondary N) is 1. The Kier molecular flexibility index (Phi) is 8.40. The molecule has 1 unspecified atom stereocenters. The highest BCUT2D eigenvalue weighted by molar-refractivity contribution is 8.76. The molecule has 0 radical (unpaired) electrons. The van der Waals surface area contributed by atoms with Crippen LogP contribution >= 0.6 is 21.6 Å². The Balaban J connectivity index is 3.93. The first-order valence-electron chi connectivity index (χ1n) is 4.43. The Morgan fingerprint density at radius 2 is 2.20 bits per heavy atom. The topological polar surface area (TPSA) is 75.6 Å². The molecule has 0 heterocycles. The molecule has 88 valence electrons. The summed E-state index contributed by atoms with van der Waals surface area (Å²) in [6.07, 6.45) is 1.88. The first kappa shape index (κ1) is 14.4. The van der Waals surface area contributed by atoms with Gasteiger partial charge in [-0.05, 0) is 12.7 Å². The maximum absolute atomic E-state index is 11.1. The van der Waals surface area contributed by atoms with Crippen LogP contribution < -0.4 is 5.32 Å². The number of alkyl carbamates (subject to hydrolysis) is 1. The molecular formula is C8H15NO4S2. The van der Waals surface area contributed by atoms with Crippen LogP contribution in [0.4, 0.5) is 4.79 Å². The number of rotatable bonds is 7. The minimum Gasteiger partial charge on any atom is -0.480 e. The summed E-state index contributed by atoms with van der Waals surface area (Å²) in [5.41, 5.74) is 0. The SMILES string of the molecule is CCCOC(=O)NC(CSSC)C(=O)O. The highest BCUT2D eigenvalue weighted by Crippen LogP contribution is 2.17. The van der Waals surface area contributed by atoms with Crippen molar-refractivity contribution in [1.82, 2.24) is 5.32 Å². The smallest absolute Gasteiger partial charge is 0.407 e. The zero-order chi connectivity index (χ0) is 11.7. The number of amides is 1. The van der Waals surface area contributed by atoms with Crippen LogP contribution in [0.2, 0.25) is 0 Å². The van der Waals surface area contributed by atoms with E-state index in [1.807, 2.05) is 13.2 Å². The molecule has 0 aromatic heterocycles. The van der Waals surface area contributed by atoms with Crippen LogP contribution in [0.5, 0.6) is 0 Å². The standard InChI is InChI=1S/C8H15NO4S2/c1-3-4-13-8(12)9-6(7(10)11)5-15-14-2/h6H,3-5H2,1-2H3,(H,9,12)(H,10,11). The molecular weight excluding hydrogens is 238 g/mol. The Morgan fingerprint density at radius 1 is 1.53 bits per heavy atom. The van der Waals surface area contributed by atoms with Crippen molar-refractivity contribution in [3.63, 3.8) is 0 Å². The third-order valence-corrected chi connectivity index (χ3v) is 3.20. The second-order valence-corrected chi connectivity index (χ2v) is 5.23. The van der Waals surface area contributed by atoms with Crippen molar-refractivity contribution in [3.8, 4) is 0 Å². The Hall–Kier alpha value is -0.560. The maximum Gasteiger partial charge on any atom is 0.407 e. The molecule has 0 saturated carbocycles. The van der Waals surface area contributed by atoms with E-state index >= 15 is 0 Å². The fourth-order valence-electron chi connectivity index (χ4n) is 0.689. The van der Waals surface area contributed by atoms with Crippen LogP contribution in [0.25, 0.3) is 0 Å². The van der Waals surface area contributed by atoms with Gasteiger partial charge in [-0.2, -0.15) is 0 Å². The summed E-state index contributed by atoms with van der Waals surface area (Å²) in [5.74, 6) is -0.734. The van der Waals surface area contributed by atoms with Crippen molar-refractivity contribution < 1.29 is 19.4 Å². The van der Waals surface area contributed by atoms with Gasteiger partial charge in [0.2, 0.25) is 0 Å². The zero-order valence-corrected chi connectivity index (χ0v) is 10.3. The fraction of sp³-hybridized carbons (Fsp3) is 0.750. The van der Waals surface area contributed by atoms with E-state index in [1.54, 1.807) is 0 Å². The van der Waals surface area contributed by atoms with Gasteiger partial charge in [0.1, 0.15) is 6.04 Å². The lowest BCUT2D eigenvalue weighted by atomic mass is 10.3. The van der Waals surface area contributed by atoms with Gasteiger partial charge >= 0.3 is 12.1 Å². The third-order valence-electron chi connectivity index (χ3n) is 1.38. The van der Waals surface area contributed by atoms with Crippen molar-refractivity contribution in [2.24, 2.45) is 0 Å². The molecule has 2 N–H and O–H groups in total. The number of carbonyl (C=O) groups is 2. The van der Waals surface area contributed by atoms with Crippen molar-refractivity contribution in [1.29, 1.82) is 0 Å². The predicted molar refractivity (Wildman–Crippen MR) is 62.2 cm³/mol. The number of carbonyl (C=O) groups excluding carboxylic acids is 1. The lowest BCUT2D eigenvalue weighted by molar-refractivity contribution is -0.138. The van der Waals surface area contributed by atoms with Crippen molar-refractivity contribution >= 4 is 33.7 Å². The normalized spacial score (nSPS) is 11.9. The van der Waals surface area contributed by atoms with Crippen LogP contribution in [0.15, 0.2) is 0 Å². The Morgan fingerprint density at radius 3 is 2.67 bits per heavy atom. The van der Waals surface area contributed by atoms with Crippen molar-refractivity contribution in [3.05, 3.63) is 0 Å². The lowest BCUT2D eigenvalue weighted by Gasteiger charge is -2.13. The van der Waals surface area contributed by atoms with Crippen molar-refractivity contribution in [2.75, 3.05) is 18.6 Å². The highest BCUT2D eigenvalue weighted by Gasteiger charge is 2.20. The van der Waals surface area contributed by atoms with Gasteiger partial charge in [0.25, 0.3) is 0 Å². The summed E-state index contributed by atoms with van der Waals surface area (Å²) in [4.78, 5) is 21.8. The summed E-state index contributed by atoms with van der Waals surface area (Å²) in [6, 6.07) is -0.896. The molecule has 0 bridgehead atoms. The van der Waals surface area contributed by atoms with E-state index in [0.717, 1.165) is 0 Å². The van der Waals surface area contributed by atoms with Gasteiger partial charge in [-0.15, -0.1) is 0 Å². The average Bonchev–Trinajstić information content (AvgIpc) is 2.20. The molecule has 0 saturated heterocycles. The van der Waals surface area contributed by atoms with Gasteiger partial charge in [0.05, 0.1) is 6.61 Å². The first-order chi connectivity index (χ1) is 7.11. The molecule has 15 heavy (non-hydrogen) atoms. The van der Waals surface area contributed by atoms with Gasteiger partial charge in [-0.25, -0.2) is 9.59 Å². The summed E-state index contributed by atoms with van der Waals surface area (Å²) in [5, 5.41) is 11.1. The molecule has 1 atom stereocenters. The zero-order valence-electron chi connectivity index (χ0n) is 8.69. The number of hydrogen-bond acceptors (Lipinski definition) is 5. The largest absolute Gasteiger partial charge is 0.480 e. The van der Waals surface area contributed by atoms with Gasteiger partial charge in [-0.3, -0.25) is 0 Å². The van der Waals surface area contributed by atoms with Crippen LogP contribution in [0.1, 0.15) is 13.3 Å². The maximum atomic E-state index is 11.1. The number of ether oxygens (including phenoxy) is 1. The van der Waals surface area contributed by atoms with E-state index in [2.05, 4.69) is 5.32 Å². The molecule has 7 heteroatoms. The molecule has 0 aromatic carbocycles. The minimum absolute atomic E-state index is 0.299. The molecule has 5 nitrogen and oxygen atoms in total. The second-order valence-electron chi connectivity index (χ2n) is 2.62. The molecule has 1 amide bonds. The van der Waals surface area contributed by atoms with Gasteiger partial charge in [0.15, 0.2) is 0 Å². The van der Waals surface area contributed by atoms with Gasteiger partial charge in [0, 0.05) is 5.75 Å². The molecule has 0 aliphatic rings. The summed E-state index contributed by atoms with van der Waals surface area (Å²) in [7, 11) is 2.83. The van der Waals surface area contributed by atoms with E-state index in [1.165, 1.54) is 21.6 Å². The monoisotopic (exact) mass is 253 g/mol. The first-order valence-corrected chi connectivity index (χ1v) is 7.16. The van der Waals surface area contributed by atoms with E-state index < -0.39 is 18.1 Å². The molecule has 0 aliphatic carbocycles. The number of carboxylic acid groups (broad SMARTS) is 1. The molecule has 0 fully saturated rings. The number of aliphatic carboxylic acids is 1. The summed E-state index contributed by atoms with van der Waals surface area (Å²) >= 11 is 0. The third kappa shape index (κ3) is 7.38. The Bertz CT molecular complexity index is 213. The van der Waals surface area contributed by atoms with Gasteiger partial charge < -0.3 is 15.2 Å². The van der Waals surface area contributed by atoms with E-state index in [-0.39, 0.29) is 0 Å². The second kappa shape index (κ2) is 8.72. The predicted octanol–water partition coefficient (Wildman–Crippen LogP) is 1.59. The molecule has 0 rings (SSSR count). The minimum atomic E-state index is -1.05. The quantitative estimate of drug-likeness (QED) is 0.671. The van der Waals surface area contributed by atoms with Crippen LogP contribution in [-0.2, 0) is 9.53 Å². The lowest BCUT2D eigenvalue weighted by Crippen LogP contribution is -2.42. The van der Waals surface area contributed by atoms with Crippen molar-refractivity contribution in [2.45, 2.75) is 19.4 Å². The van der Waals surface area contributed by atoms with E-state index in [0.29, 0.717) is 18.8 Å².